The van der Waals surface area contributed by atoms with Gasteiger partial charge in [0.1, 0.15) is 0 Å². The molecule has 3 heteroatoms. The van der Waals surface area contributed by atoms with E-state index < -0.39 is 5.97 Å². The topological polar surface area (TPSA) is 40.5 Å². The highest BCUT2D eigenvalue weighted by molar-refractivity contribution is 5.67. The third kappa shape index (κ3) is 2.22. The van der Waals surface area contributed by atoms with Crippen molar-refractivity contribution in [2.24, 2.45) is 11.8 Å². The van der Waals surface area contributed by atoms with Gasteiger partial charge < -0.3 is 5.11 Å². The van der Waals surface area contributed by atoms with E-state index in [0.29, 0.717) is 12.5 Å². The predicted octanol–water partition coefficient (Wildman–Crippen LogP) is 2.50. The van der Waals surface area contributed by atoms with Crippen LogP contribution in [0.5, 0.6) is 0 Å². The first-order valence-electron chi connectivity index (χ1n) is 7.21. The van der Waals surface area contributed by atoms with E-state index in [2.05, 4.69) is 4.90 Å². The van der Waals surface area contributed by atoms with E-state index in [0.717, 1.165) is 30.8 Å². The number of carbonyl (C=O) groups is 1. The van der Waals surface area contributed by atoms with Crippen molar-refractivity contribution in [3.8, 4) is 0 Å². The van der Waals surface area contributed by atoms with Gasteiger partial charge in [0.25, 0.3) is 0 Å². The summed E-state index contributed by atoms with van der Waals surface area (Å²) in [6.45, 7) is 1.14. The fourth-order valence-electron chi connectivity index (χ4n) is 4.50. The Balaban J connectivity index is 1.68. The van der Waals surface area contributed by atoms with Crippen LogP contribution in [0.1, 0.15) is 51.4 Å². The van der Waals surface area contributed by atoms with Gasteiger partial charge in [-0.1, -0.05) is 12.8 Å². The van der Waals surface area contributed by atoms with E-state index in [1.54, 1.807) is 0 Å². The summed E-state index contributed by atoms with van der Waals surface area (Å²) in [6, 6.07) is 1.05. The highest BCUT2D eigenvalue weighted by Crippen LogP contribution is 2.47. The normalized spacial score (nSPS) is 41.9. The summed E-state index contributed by atoms with van der Waals surface area (Å²) < 4.78 is 0. The van der Waals surface area contributed by atoms with E-state index in [1.807, 2.05) is 0 Å². The molecule has 3 nitrogen and oxygen atoms in total. The lowest BCUT2D eigenvalue weighted by atomic mass is 9.89. The van der Waals surface area contributed by atoms with E-state index in [9.17, 15) is 4.79 Å². The number of aliphatic carboxylic acids is 1. The molecule has 4 atom stereocenters. The lowest BCUT2D eigenvalue weighted by Gasteiger charge is -2.42. The molecular weight excluding hydrogens is 214 g/mol. The van der Waals surface area contributed by atoms with Crippen molar-refractivity contribution in [2.45, 2.75) is 63.5 Å². The van der Waals surface area contributed by atoms with Crippen LogP contribution in [-0.4, -0.2) is 34.6 Å². The van der Waals surface area contributed by atoms with Gasteiger partial charge in [0.15, 0.2) is 0 Å². The lowest BCUT2D eigenvalue weighted by molar-refractivity contribution is -0.139. The number of carboxylic acids is 1. The zero-order valence-electron chi connectivity index (χ0n) is 10.5. The van der Waals surface area contributed by atoms with E-state index in [1.165, 1.54) is 38.5 Å². The molecule has 2 bridgehead atoms. The maximum atomic E-state index is 11.0. The average Bonchev–Trinajstić information content (AvgIpc) is 2.90. The number of rotatable bonds is 3. The fraction of sp³-hybridized carbons (Fsp3) is 0.929. The molecule has 3 fully saturated rings. The van der Waals surface area contributed by atoms with Crippen molar-refractivity contribution < 1.29 is 9.90 Å². The highest BCUT2D eigenvalue weighted by Gasteiger charge is 2.44. The van der Waals surface area contributed by atoms with Gasteiger partial charge in [-0.2, -0.15) is 0 Å². The van der Waals surface area contributed by atoms with Crippen LogP contribution in [0, 0.1) is 11.8 Å². The van der Waals surface area contributed by atoms with Crippen LogP contribution < -0.4 is 0 Å². The number of fused-ring (bicyclic) bond motifs is 2. The lowest BCUT2D eigenvalue weighted by Crippen LogP contribution is -2.49. The van der Waals surface area contributed by atoms with Crippen LogP contribution in [0.2, 0.25) is 0 Å². The van der Waals surface area contributed by atoms with E-state index in [-0.39, 0.29) is 0 Å². The standard InChI is InChI=1S/C14H23NO2/c16-14(17)9-12-3-1-2-6-15(12)13-8-10-4-5-11(13)7-10/h10-13H,1-9H2,(H,16,17). The summed E-state index contributed by atoms with van der Waals surface area (Å²) in [5.41, 5.74) is 0. The Bertz CT molecular complexity index is 305. The Morgan fingerprint density at radius 2 is 2.06 bits per heavy atom. The van der Waals surface area contributed by atoms with Crippen molar-refractivity contribution in [3.63, 3.8) is 0 Å². The van der Waals surface area contributed by atoms with Gasteiger partial charge in [-0.05, 0) is 50.5 Å². The SMILES string of the molecule is O=C(O)CC1CCCCN1C1CC2CCC1C2. The first-order chi connectivity index (χ1) is 8.24. The quantitative estimate of drug-likeness (QED) is 0.820. The van der Waals surface area contributed by atoms with Crippen LogP contribution in [0.4, 0.5) is 0 Å². The van der Waals surface area contributed by atoms with Crippen LogP contribution in [0.15, 0.2) is 0 Å². The van der Waals surface area contributed by atoms with Crippen LogP contribution >= 0.6 is 0 Å². The minimum absolute atomic E-state index is 0.325. The Hall–Kier alpha value is -0.570. The molecule has 1 heterocycles. The van der Waals surface area contributed by atoms with Gasteiger partial charge in [0, 0.05) is 12.1 Å². The Morgan fingerprint density at radius 1 is 1.18 bits per heavy atom. The molecule has 3 rings (SSSR count). The number of nitrogens with zero attached hydrogens (tertiary/aromatic N) is 1. The van der Waals surface area contributed by atoms with Gasteiger partial charge in [-0.3, -0.25) is 9.69 Å². The van der Waals surface area contributed by atoms with E-state index >= 15 is 0 Å². The van der Waals surface area contributed by atoms with Gasteiger partial charge in [-0.25, -0.2) is 0 Å². The third-order valence-electron chi connectivity index (χ3n) is 5.21. The summed E-state index contributed by atoms with van der Waals surface area (Å²) in [5.74, 6) is 1.22. The second-order valence-corrected chi connectivity index (χ2v) is 6.23. The largest absolute Gasteiger partial charge is 0.481 e. The molecule has 0 amide bonds. The highest BCUT2D eigenvalue weighted by atomic mass is 16.4. The minimum Gasteiger partial charge on any atom is -0.481 e. The molecule has 0 radical (unpaired) electrons. The molecule has 2 saturated carbocycles. The van der Waals surface area contributed by atoms with Crippen molar-refractivity contribution in [1.82, 2.24) is 4.90 Å². The Kier molecular flexibility index (Phi) is 3.12. The monoisotopic (exact) mass is 237 g/mol. The molecular formula is C14H23NO2. The van der Waals surface area contributed by atoms with Crippen LogP contribution in [-0.2, 0) is 4.79 Å². The van der Waals surface area contributed by atoms with Gasteiger partial charge >= 0.3 is 5.97 Å². The first-order valence-corrected chi connectivity index (χ1v) is 7.21. The Labute approximate surface area is 103 Å². The molecule has 2 aliphatic carbocycles. The van der Waals surface area contributed by atoms with Crippen molar-refractivity contribution in [2.75, 3.05) is 6.54 Å². The second-order valence-electron chi connectivity index (χ2n) is 6.23. The van der Waals surface area contributed by atoms with Crippen molar-refractivity contribution in [1.29, 1.82) is 0 Å². The molecule has 0 aromatic heterocycles. The first kappa shape index (κ1) is 11.5. The molecule has 17 heavy (non-hydrogen) atoms. The molecule has 1 N–H and O–H groups in total. The Morgan fingerprint density at radius 3 is 2.71 bits per heavy atom. The van der Waals surface area contributed by atoms with Crippen molar-refractivity contribution >= 4 is 5.97 Å². The number of carboxylic acid groups (broad SMARTS) is 1. The number of hydrogen-bond donors (Lipinski definition) is 1. The molecule has 0 aromatic carbocycles. The van der Waals surface area contributed by atoms with Gasteiger partial charge in [0.05, 0.1) is 6.42 Å². The molecule has 1 aliphatic heterocycles. The minimum atomic E-state index is -0.620. The number of piperidine rings is 1. The zero-order valence-corrected chi connectivity index (χ0v) is 10.5. The summed E-state index contributed by atoms with van der Waals surface area (Å²) >= 11 is 0. The molecule has 1 saturated heterocycles. The van der Waals surface area contributed by atoms with Crippen LogP contribution in [0.25, 0.3) is 0 Å². The summed E-state index contributed by atoms with van der Waals surface area (Å²) in [7, 11) is 0. The maximum Gasteiger partial charge on any atom is 0.304 e. The fourth-order valence-corrected chi connectivity index (χ4v) is 4.50. The maximum absolute atomic E-state index is 11.0. The van der Waals surface area contributed by atoms with E-state index in [4.69, 9.17) is 5.11 Å². The predicted molar refractivity (Wildman–Crippen MR) is 65.8 cm³/mol. The molecule has 3 aliphatic rings. The smallest absolute Gasteiger partial charge is 0.304 e. The van der Waals surface area contributed by atoms with Crippen LogP contribution in [0.3, 0.4) is 0 Å². The molecule has 0 aromatic rings. The van der Waals surface area contributed by atoms with Gasteiger partial charge in [-0.15, -0.1) is 0 Å². The average molecular weight is 237 g/mol. The number of hydrogen-bond acceptors (Lipinski definition) is 2. The third-order valence-corrected chi connectivity index (χ3v) is 5.21. The van der Waals surface area contributed by atoms with Gasteiger partial charge in [0.2, 0.25) is 0 Å². The molecule has 96 valence electrons. The molecule has 0 spiro atoms. The van der Waals surface area contributed by atoms with Crippen molar-refractivity contribution in [3.05, 3.63) is 0 Å². The zero-order chi connectivity index (χ0) is 11.8. The summed E-state index contributed by atoms with van der Waals surface area (Å²) in [5, 5.41) is 9.03. The number of likely N-dealkylation sites (tertiary alicyclic amines) is 1. The molecule has 4 unspecified atom stereocenters. The second kappa shape index (κ2) is 4.60. The summed E-state index contributed by atoms with van der Waals surface area (Å²) in [6.07, 6.45) is 9.53. The summed E-state index contributed by atoms with van der Waals surface area (Å²) in [4.78, 5) is 13.5.